The predicted molar refractivity (Wildman–Crippen MR) is 140 cm³/mol. The zero-order valence-corrected chi connectivity index (χ0v) is 22.6. The third kappa shape index (κ3) is 5.44. The van der Waals surface area contributed by atoms with Gasteiger partial charge in [0.15, 0.2) is 0 Å². The van der Waals surface area contributed by atoms with Crippen molar-refractivity contribution in [1.82, 2.24) is 8.61 Å². The molecule has 11 heteroatoms. The number of rotatable bonds is 7. The molecule has 2 fully saturated rings. The number of nitrogens with one attached hydrogen (secondary N) is 1. The summed E-state index contributed by atoms with van der Waals surface area (Å²) in [6.45, 7) is 4.65. The first-order valence-corrected chi connectivity index (χ1v) is 15.1. The van der Waals surface area contributed by atoms with E-state index in [-0.39, 0.29) is 15.4 Å². The van der Waals surface area contributed by atoms with Crippen molar-refractivity contribution in [3.8, 4) is 0 Å². The van der Waals surface area contributed by atoms with Gasteiger partial charge in [0.1, 0.15) is 0 Å². The second kappa shape index (κ2) is 10.5. The number of amides is 1. The molecule has 2 aromatic rings. The van der Waals surface area contributed by atoms with E-state index < -0.39 is 26.0 Å². The molecule has 2 aromatic carbocycles. The van der Waals surface area contributed by atoms with Crippen LogP contribution in [0.2, 0.25) is 0 Å². The van der Waals surface area contributed by atoms with Crippen molar-refractivity contribution >= 4 is 37.3 Å². The summed E-state index contributed by atoms with van der Waals surface area (Å²) in [4.78, 5) is 15.6. The molecule has 2 heterocycles. The van der Waals surface area contributed by atoms with Gasteiger partial charge >= 0.3 is 0 Å². The van der Waals surface area contributed by atoms with Gasteiger partial charge < -0.3 is 10.2 Å². The smallest absolute Gasteiger partial charge is 0.257 e. The Kier molecular flexibility index (Phi) is 7.75. The molecular weight excluding hydrogens is 500 g/mol. The molecule has 9 nitrogen and oxygen atoms in total. The van der Waals surface area contributed by atoms with Gasteiger partial charge in [-0.2, -0.15) is 4.31 Å². The van der Waals surface area contributed by atoms with Crippen LogP contribution in [-0.2, 0) is 20.0 Å². The van der Waals surface area contributed by atoms with E-state index in [0.29, 0.717) is 30.4 Å². The highest BCUT2D eigenvalue weighted by Crippen LogP contribution is 2.29. The number of nitrogens with zero attached hydrogens (tertiary/aromatic N) is 3. The Labute approximate surface area is 214 Å². The Balaban J connectivity index is 1.59. The molecule has 4 rings (SSSR count). The Morgan fingerprint density at radius 3 is 2.17 bits per heavy atom. The molecule has 1 N–H and O–H groups in total. The fourth-order valence-electron chi connectivity index (χ4n) is 4.72. The fourth-order valence-corrected chi connectivity index (χ4v) is 7.25. The summed E-state index contributed by atoms with van der Waals surface area (Å²) in [6, 6.07) is 10.8. The van der Waals surface area contributed by atoms with Gasteiger partial charge in [-0.05, 0) is 74.1 Å². The average Bonchev–Trinajstić information content (AvgIpc) is 3.39. The first kappa shape index (κ1) is 26.6. The molecule has 2 aliphatic heterocycles. The summed E-state index contributed by atoms with van der Waals surface area (Å²) < 4.78 is 54.1. The minimum absolute atomic E-state index is 0.0396. The van der Waals surface area contributed by atoms with E-state index in [1.54, 1.807) is 18.2 Å². The number of hydrogen-bond acceptors (Lipinski definition) is 6. The van der Waals surface area contributed by atoms with Crippen molar-refractivity contribution in [2.45, 2.75) is 42.4 Å². The summed E-state index contributed by atoms with van der Waals surface area (Å²) in [5.41, 5.74) is 1.37. The molecule has 0 radical (unpaired) electrons. The third-order valence-corrected chi connectivity index (χ3v) is 10.5. The van der Waals surface area contributed by atoms with Crippen LogP contribution in [0.1, 0.15) is 43.0 Å². The van der Waals surface area contributed by atoms with Crippen molar-refractivity contribution < 1.29 is 21.6 Å². The maximum Gasteiger partial charge on any atom is 0.257 e. The number of sulfonamides is 2. The van der Waals surface area contributed by atoms with Crippen LogP contribution in [0.3, 0.4) is 0 Å². The van der Waals surface area contributed by atoms with E-state index in [2.05, 4.69) is 17.1 Å². The Morgan fingerprint density at radius 1 is 0.917 bits per heavy atom. The van der Waals surface area contributed by atoms with Crippen molar-refractivity contribution in [2.75, 3.05) is 50.5 Å². The monoisotopic (exact) mass is 534 g/mol. The van der Waals surface area contributed by atoms with Gasteiger partial charge in [0.2, 0.25) is 20.0 Å². The molecule has 0 bridgehead atoms. The van der Waals surface area contributed by atoms with E-state index in [0.717, 1.165) is 43.1 Å². The van der Waals surface area contributed by atoms with Crippen LogP contribution in [-0.4, -0.2) is 71.6 Å². The number of carbonyl (C=O) groups is 1. The van der Waals surface area contributed by atoms with Gasteiger partial charge in [0, 0.05) is 51.6 Å². The number of anilines is 2. The summed E-state index contributed by atoms with van der Waals surface area (Å²) >= 11 is 0. The van der Waals surface area contributed by atoms with Crippen LogP contribution in [0.15, 0.2) is 52.3 Å². The lowest BCUT2D eigenvalue weighted by molar-refractivity contribution is 0.102. The van der Waals surface area contributed by atoms with Crippen molar-refractivity contribution in [3.63, 3.8) is 0 Å². The average molecular weight is 535 g/mol. The Hall–Kier alpha value is -2.47. The summed E-state index contributed by atoms with van der Waals surface area (Å²) in [5.74, 6) is -0.128. The summed E-state index contributed by atoms with van der Waals surface area (Å²) in [5, 5.41) is 2.81. The number of benzene rings is 2. The highest BCUT2D eigenvalue weighted by Gasteiger charge is 2.29. The normalized spacial score (nSPS) is 19.6. The SMILES string of the molecule is C[C@@H]1CCCN(S(=O)(=O)c2ccc(NC(=O)c3cc(S(=O)(=O)N(C)C)ccc3N3CCCC3)cc2)C1. The minimum atomic E-state index is -3.72. The lowest BCUT2D eigenvalue weighted by Gasteiger charge is -2.30. The van der Waals surface area contributed by atoms with Crippen LogP contribution in [0.25, 0.3) is 0 Å². The minimum Gasteiger partial charge on any atom is -0.371 e. The quantitative estimate of drug-likeness (QED) is 0.585. The molecule has 196 valence electrons. The maximum atomic E-state index is 13.3. The Morgan fingerprint density at radius 2 is 1.56 bits per heavy atom. The van der Waals surface area contributed by atoms with E-state index >= 15 is 0 Å². The molecule has 2 aliphatic rings. The first-order valence-electron chi connectivity index (χ1n) is 12.2. The number of piperidine rings is 1. The molecule has 0 unspecified atom stereocenters. The van der Waals surface area contributed by atoms with Gasteiger partial charge in [-0.15, -0.1) is 0 Å². The molecule has 2 saturated heterocycles. The largest absolute Gasteiger partial charge is 0.371 e. The molecule has 0 saturated carbocycles. The molecule has 0 aromatic heterocycles. The predicted octanol–water partition coefficient (Wildman–Crippen LogP) is 3.21. The second-order valence-corrected chi connectivity index (χ2v) is 13.8. The molecule has 36 heavy (non-hydrogen) atoms. The molecular formula is C25H34N4O5S2. The van der Waals surface area contributed by atoms with Gasteiger partial charge in [0.25, 0.3) is 5.91 Å². The van der Waals surface area contributed by atoms with Gasteiger partial charge in [-0.25, -0.2) is 21.1 Å². The van der Waals surface area contributed by atoms with Crippen LogP contribution in [0.4, 0.5) is 11.4 Å². The number of carbonyl (C=O) groups excluding carboxylic acids is 1. The molecule has 1 amide bonds. The lowest BCUT2D eigenvalue weighted by Crippen LogP contribution is -2.39. The van der Waals surface area contributed by atoms with Crippen LogP contribution >= 0.6 is 0 Å². The summed E-state index contributed by atoms with van der Waals surface area (Å²) in [7, 11) is -4.42. The zero-order valence-electron chi connectivity index (χ0n) is 21.0. The lowest BCUT2D eigenvalue weighted by atomic mass is 10.0. The van der Waals surface area contributed by atoms with Crippen molar-refractivity contribution in [2.24, 2.45) is 5.92 Å². The molecule has 1 atom stereocenters. The number of hydrogen-bond donors (Lipinski definition) is 1. The van der Waals surface area contributed by atoms with E-state index in [4.69, 9.17) is 0 Å². The van der Waals surface area contributed by atoms with Crippen molar-refractivity contribution in [1.29, 1.82) is 0 Å². The van der Waals surface area contributed by atoms with E-state index in [9.17, 15) is 21.6 Å². The second-order valence-electron chi connectivity index (χ2n) is 9.75. The maximum absolute atomic E-state index is 13.3. The fraction of sp³-hybridized carbons (Fsp3) is 0.480. The van der Waals surface area contributed by atoms with E-state index in [1.165, 1.54) is 42.7 Å². The highest BCUT2D eigenvalue weighted by atomic mass is 32.2. The van der Waals surface area contributed by atoms with Gasteiger partial charge in [-0.1, -0.05) is 6.92 Å². The third-order valence-electron chi connectivity index (χ3n) is 6.81. The summed E-state index contributed by atoms with van der Waals surface area (Å²) in [6.07, 6.45) is 3.87. The van der Waals surface area contributed by atoms with E-state index in [1.807, 2.05) is 0 Å². The molecule has 0 spiro atoms. The topological polar surface area (TPSA) is 107 Å². The van der Waals surface area contributed by atoms with Crippen LogP contribution in [0.5, 0.6) is 0 Å². The van der Waals surface area contributed by atoms with Crippen LogP contribution in [0, 0.1) is 5.92 Å². The van der Waals surface area contributed by atoms with Gasteiger partial charge in [0.05, 0.1) is 15.4 Å². The van der Waals surface area contributed by atoms with Gasteiger partial charge in [-0.3, -0.25) is 4.79 Å². The molecule has 0 aliphatic carbocycles. The zero-order chi connectivity index (χ0) is 26.1. The highest BCUT2D eigenvalue weighted by molar-refractivity contribution is 7.89. The Bertz CT molecular complexity index is 1320. The van der Waals surface area contributed by atoms with Crippen molar-refractivity contribution in [3.05, 3.63) is 48.0 Å². The van der Waals surface area contributed by atoms with Crippen LogP contribution < -0.4 is 10.2 Å². The first-order chi connectivity index (χ1) is 17.0. The standard InChI is InChI=1S/C25H34N4O5S2/c1-19-7-6-16-29(18-19)36(33,34)21-10-8-20(9-11-21)26-25(30)23-17-22(35(31,32)27(2)3)12-13-24(23)28-14-4-5-15-28/h8-13,17,19H,4-7,14-16,18H2,1-3H3,(H,26,30)/t19-/m1/s1.